The van der Waals surface area contributed by atoms with Crippen LogP contribution < -0.4 is 10.5 Å². The molecule has 0 amide bonds. The molecule has 70 valence electrons. The van der Waals surface area contributed by atoms with Crippen LogP contribution in [0.25, 0.3) is 0 Å². The Morgan fingerprint density at radius 1 is 1.38 bits per heavy atom. The lowest BCUT2D eigenvalue weighted by atomic mass is 10.1. The molecule has 1 atom stereocenters. The standard InChI is InChI=1S/C9H10N2O.ClH/c1-12-8-4-2-7(3-5-8)9(11)6-10;/h2-5,9H,11H2,1H3;1H. The van der Waals surface area contributed by atoms with E-state index in [0.717, 1.165) is 11.3 Å². The Morgan fingerprint density at radius 2 is 1.92 bits per heavy atom. The minimum Gasteiger partial charge on any atom is -0.497 e. The zero-order chi connectivity index (χ0) is 8.97. The lowest BCUT2D eigenvalue weighted by Crippen LogP contribution is -2.06. The first-order valence-corrected chi connectivity index (χ1v) is 3.57. The molecule has 1 rings (SSSR count). The molecule has 1 aromatic rings. The van der Waals surface area contributed by atoms with Crippen molar-refractivity contribution in [3.8, 4) is 11.8 Å². The predicted molar refractivity (Wildman–Crippen MR) is 52.8 cm³/mol. The summed E-state index contributed by atoms with van der Waals surface area (Å²) >= 11 is 0. The normalized spacial score (nSPS) is 10.8. The van der Waals surface area contributed by atoms with Gasteiger partial charge in [-0.15, -0.1) is 12.4 Å². The molecular weight excluding hydrogens is 188 g/mol. The van der Waals surface area contributed by atoms with Crippen LogP contribution in [0.2, 0.25) is 0 Å². The minimum absolute atomic E-state index is 0. The topological polar surface area (TPSA) is 59.0 Å². The highest BCUT2D eigenvalue weighted by Gasteiger charge is 2.02. The van der Waals surface area contributed by atoms with E-state index in [4.69, 9.17) is 15.7 Å². The van der Waals surface area contributed by atoms with Crippen molar-refractivity contribution in [2.75, 3.05) is 7.11 Å². The average molecular weight is 199 g/mol. The van der Waals surface area contributed by atoms with Crippen molar-refractivity contribution < 1.29 is 4.74 Å². The summed E-state index contributed by atoms with van der Waals surface area (Å²) in [6.45, 7) is 0. The highest BCUT2D eigenvalue weighted by molar-refractivity contribution is 5.85. The molecule has 0 aliphatic heterocycles. The van der Waals surface area contributed by atoms with Gasteiger partial charge in [-0.3, -0.25) is 0 Å². The van der Waals surface area contributed by atoms with Crippen LogP contribution in [0.4, 0.5) is 0 Å². The van der Waals surface area contributed by atoms with E-state index in [1.165, 1.54) is 0 Å². The van der Waals surface area contributed by atoms with Crippen LogP contribution in [0.1, 0.15) is 11.6 Å². The fraction of sp³-hybridized carbons (Fsp3) is 0.222. The lowest BCUT2D eigenvalue weighted by Gasteiger charge is -2.03. The number of nitrogens with two attached hydrogens (primary N) is 1. The largest absolute Gasteiger partial charge is 0.497 e. The highest BCUT2D eigenvalue weighted by atomic mass is 35.5. The first kappa shape index (κ1) is 11.8. The van der Waals surface area contributed by atoms with E-state index in [-0.39, 0.29) is 12.4 Å². The molecule has 1 unspecified atom stereocenters. The van der Waals surface area contributed by atoms with E-state index in [1.54, 1.807) is 31.4 Å². The molecule has 0 aromatic heterocycles. The Bertz CT molecular complexity index is 291. The van der Waals surface area contributed by atoms with Gasteiger partial charge in [0.1, 0.15) is 11.8 Å². The highest BCUT2D eigenvalue weighted by Crippen LogP contribution is 2.14. The fourth-order valence-electron chi connectivity index (χ4n) is 0.886. The first-order valence-electron chi connectivity index (χ1n) is 3.57. The van der Waals surface area contributed by atoms with Gasteiger partial charge < -0.3 is 10.5 Å². The van der Waals surface area contributed by atoms with Crippen molar-refractivity contribution in [3.05, 3.63) is 29.8 Å². The quantitative estimate of drug-likeness (QED) is 0.786. The third-order valence-corrected chi connectivity index (χ3v) is 1.61. The van der Waals surface area contributed by atoms with E-state index in [0.29, 0.717) is 0 Å². The molecule has 0 saturated heterocycles. The summed E-state index contributed by atoms with van der Waals surface area (Å²) in [5.74, 6) is 0.767. The van der Waals surface area contributed by atoms with Crippen LogP contribution in [0.15, 0.2) is 24.3 Å². The summed E-state index contributed by atoms with van der Waals surface area (Å²) in [5, 5.41) is 8.51. The first-order chi connectivity index (χ1) is 5.77. The van der Waals surface area contributed by atoms with E-state index in [9.17, 15) is 0 Å². The number of benzene rings is 1. The minimum atomic E-state index is -0.545. The maximum Gasteiger partial charge on any atom is 0.118 e. The van der Waals surface area contributed by atoms with E-state index in [1.807, 2.05) is 6.07 Å². The van der Waals surface area contributed by atoms with Crippen molar-refractivity contribution in [2.45, 2.75) is 6.04 Å². The van der Waals surface area contributed by atoms with Crippen molar-refractivity contribution >= 4 is 12.4 Å². The Labute approximate surface area is 83.5 Å². The second-order valence-corrected chi connectivity index (χ2v) is 2.38. The number of methoxy groups -OCH3 is 1. The number of nitriles is 1. The van der Waals surface area contributed by atoms with Gasteiger partial charge in [0, 0.05) is 0 Å². The molecule has 13 heavy (non-hydrogen) atoms. The molecule has 0 saturated carbocycles. The van der Waals surface area contributed by atoms with Gasteiger partial charge in [0.2, 0.25) is 0 Å². The third kappa shape index (κ3) is 2.94. The van der Waals surface area contributed by atoms with Gasteiger partial charge in [-0.25, -0.2) is 0 Å². The summed E-state index contributed by atoms with van der Waals surface area (Å²) < 4.78 is 4.96. The lowest BCUT2D eigenvalue weighted by molar-refractivity contribution is 0.414. The van der Waals surface area contributed by atoms with Crippen molar-refractivity contribution in [3.63, 3.8) is 0 Å². The molecule has 0 radical (unpaired) electrons. The van der Waals surface area contributed by atoms with Crippen LogP contribution in [0, 0.1) is 11.3 Å². The molecule has 0 fully saturated rings. The summed E-state index contributed by atoms with van der Waals surface area (Å²) in [6, 6.07) is 8.55. The molecule has 0 bridgehead atoms. The smallest absolute Gasteiger partial charge is 0.118 e. The van der Waals surface area contributed by atoms with Crippen molar-refractivity contribution in [1.82, 2.24) is 0 Å². The second-order valence-electron chi connectivity index (χ2n) is 2.38. The fourth-order valence-corrected chi connectivity index (χ4v) is 0.886. The van der Waals surface area contributed by atoms with Gasteiger partial charge in [0.05, 0.1) is 13.2 Å². The van der Waals surface area contributed by atoms with Gasteiger partial charge in [-0.2, -0.15) is 5.26 Å². The van der Waals surface area contributed by atoms with E-state index < -0.39 is 6.04 Å². The van der Waals surface area contributed by atoms with Crippen molar-refractivity contribution in [2.24, 2.45) is 5.73 Å². The maximum absolute atomic E-state index is 8.51. The second kappa shape index (κ2) is 5.41. The molecule has 0 aliphatic rings. The zero-order valence-corrected chi connectivity index (χ0v) is 8.04. The Kier molecular flexibility index (Phi) is 4.90. The Balaban J connectivity index is 0.00000144. The predicted octanol–water partition coefficient (Wildman–Crippen LogP) is 1.64. The molecule has 3 nitrogen and oxygen atoms in total. The molecule has 4 heteroatoms. The van der Waals surface area contributed by atoms with Gasteiger partial charge in [0.15, 0.2) is 0 Å². The number of nitrogens with zero attached hydrogens (tertiary/aromatic N) is 1. The summed E-state index contributed by atoms with van der Waals surface area (Å²) in [5.41, 5.74) is 6.29. The summed E-state index contributed by atoms with van der Waals surface area (Å²) in [6.07, 6.45) is 0. The van der Waals surface area contributed by atoms with Crippen LogP contribution in [-0.4, -0.2) is 7.11 Å². The van der Waals surface area contributed by atoms with Crippen LogP contribution >= 0.6 is 12.4 Å². The van der Waals surface area contributed by atoms with Gasteiger partial charge in [0.25, 0.3) is 0 Å². The molecular formula is C9H11ClN2O. The number of halogens is 1. The number of ether oxygens (including phenoxy) is 1. The SMILES string of the molecule is COc1ccc(C(N)C#N)cc1.Cl. The molecule has 0 heterocycles. The molecule has 1 aromatic carbocycles. The van der Waals surface area contributed by atoms with E-state index >= 15 is 0 Å². The summed E-state index contributed by atoms with van der Waals surface area (Å²) in [4.78, 5) is 0. The van der Waals surface area contributed by atoms with Gasteiger partial charge in [-0.05, 0) is 17.7 Å². The van der Waals surface area contributed by atoms with E-state index in [2.05, 4.69) is 0 Å². The van der Waals surface area contributed by atoms with Gasteiger partial charge >= 0.3 is 0 Å². The third-order valence-electron chi connectivity index (χ3n) is 1.61. The van der Waals surface area contributed by atoms with Crippen LogP contribution in [0.3, 0.4) is 0 Å². The number of hydrogen-bond acceptors (Lipinski definition) is 3. The maximum atomic E-state index is 8.51. The van der Waals surface area contributed by atoms with Crippen LogP contribution in [0.5, 0.6) is 5.75 Å². The molecule has 0 spiro atoms. The number of rotatable bonds is 2. The summed E-state index contributed by atoms with van der Waals surface area (Å²) in [7, 11) is 1.60. The zero-order valence-electron chi connectivity index (χ0n) is 7.23. The number of hydrogen-bond donors (Lipinski definition) is 1. The Hall–Kier alpha value is -1.24. The monoisotopic (exact) mass is 198 g/mol. The average Bonchev–Trinajstić information content (AvgIpc) is 2.17. The van der Waals surface area contributed by atoms with Crippen molar-refractivity contribution in [1.29, 1.82) is 5.26 Å². The van der Waals surface area contributed by atoms with Crippen LogP contribution in [-0.2, 0) is 0 Å². The molecule has 0 aliphatic carbocycles. The Morgan fingerprint density at radius 3 is 2.31 bits per heavy atom. The van der Waals surface area contributed by atoms with Gasteiger partial charge in [-0.1, -0.05) is 12.1 Å². The molecule has 2 N–H and O–H groups in total.